The molecule has 1 saturated heterocycles. The van der Waals surface area contributed by atoms with Crippen LogP contribution in [0.1, 0.15) is 73.1 Å². The summed E-state index contributed by atoms with van der Waals surface area (Å²) in [6, 6.07) is 0.868. The van der Waals surface area contributed by atoms with Crippen molar-refractivity contribution in [2.75, 3.05) is 6.54 Å². The Labute approximate surface area is 108 Å². The van der Waals surface area contributed by atoms with Gasteiger partial charge in [-0.05, 0) is 51.4 Å². The van der Waals surface area contributed by atoms with Crippen molar-refractivity contribution in [3.05, 3.63) is 0 Å². The van der Waals surface area contributed by atoms with Crippen molar-refractivity contribution in [1.82, 2.24) is 4.90 Å². The van der Waals surface area contributed by atoms with Crippen LogP contribution in [0.2, 0.25) is 0 Å². The van der Waals surface area contributed by atoms with E-state index < -0.39 is 0 Å². The first-order valence-corrected chi connectivity index (χ1v) is 7.57. The highest BCUT2D eigenvalue weighted by Gasteiger charge is 2.45. The van der Waals surface area contributed by atoms with Crippen molar-refractivity contribution in [2.24, 2.45) is 11.3 Å². The van der Waals surface area contributed by atoms with Crippen LogP contribution < -0.4 is 0 Å². The fraction of sp³-hybridized carbons (Fsp3) is 1.00. The van der Waals surface area contributed by atoms with Crippen LogP contribution in [-0.4, -0.2) is 23.0 Å². The van der Waals surface area contributed by atoms with Crippen LogP contribution >= 0.6 is 0 Å². The van der Waals surface area contributed by atoms with Crippen LogP contribution in [0.15, 0.2) is 0 Å². The first-order valence-electron chi connectivity index (χ1n) is 7.57. The lowest BCUT2D eigenvalue weighted by Crippen LogP contribution is -2.32. The largest absolute Gasteiger partial charge is 0.293 e. The van der Waals surface area contributed by atoms with Gasteiger partial charge in [0.05, 0.1) is 0 Å². The van der Waals surface area contributed by atoms with Crippen LogP contribution in [0.5, 0.6) is 0 Å². The topological polar surface area (TPSA) is 3.01 Å². The Morgan fingerprint density at radius 2 is 1.53 bits per heavy atom. The minimum absolute atomic E-state index is 0.382. The monoisotopic (exact) mass is 237 g/mol. The Morgan fingerprint density at radius 3 is 2.00 bits per heavy atom. The normalized spacial score (nSPS) is 31.6. The predicted molar refractivity (Wildman–Crippen MR) is 75.2 cm³/mol. The van der Waals surface area contributed by atoms with E-state index >= 15 is 0 Å². The van der Waals surface area contributed by atoms with Crippen LogP contribution in [0, 0.1) is 11.3 Å². The summed E-state index contributed by atoms with van der Waals surface area (Å²) in [5, 5.41) is 0. The third kappa shape index (κ3) is 3.24. The van der Waals surface area contributed by atoms with Gasteiger partial charge in [-0.15, -0.1) is 0 Å². The van der Waals surface area contributed by atoms with Gasteiger partial charge in [0.2, 0.25) is 0 Å². The summed E-state index contributed by atoms with van der Waals surface area (Å²) in [4.78, 5) is 2.66. The summed E-state index contributed by atoms with van der Waals surface area (Å²) in [5.74, 6) is 0.985. The maximum absolute atomic E-state index is 2.66. The van der Waals surface area contributed by atoms with Crippen LogP contribution in [0.4, 0.5) is 0 Å². The minimum atomic E-state index is 0.382. The van der Waals surface area contributed by atoms with E-state index in [0.29, 0.717) is 11.0 Å². The molecule has 1 aliphatic carbocycles. The average Bonchev–Trinajstić information content (AvgIpc) is 2.97. The summed E-state index contributed by atoms with van der Waals surface area (Å²) in [6.07, 6.45) is 8.80. The molecule has 2 fully saturated rings. The summed E-state index contributed by atoms with van der Waals surface area (Å²) in [7, 11) is 0. The number of nitrogens with zero attached hydrogens (tertiary/aromatic N) is 1. The van der Waals surface area contributed by atoms with Crippen molar-refractivity contribution in [3.63, 3.8) is 0 Å². The van der Waals surface area contributed by atoms with Crippen LogP contribution in [-0.2, 0) is 0 Å². The van der Waals surface area contributed by atoms with Crippen molar-refractivity contribution < 1.29 is 0 Å². The van der Waals surface area contributed by atoms with Gasteiger partial charge in [0, 0.05) is 18.1 Å². The third-order valence-electron chi connectivity index (χ3n) is 5.05. The molecule has 1 nitrogen and oxygen atoms in total. The lowest BCUT2D eigenvalue weighted by Gasteiger charge is -2.37. The number of hydrogen-bond donors (Lipinski definition) is 0. The first kappa shape index (κ1) is 13.4. The SMILES string of the molecule is CC(C)(CC1CN1C(C)(C)C)C1CCCCC1. The fourth-order valence-electron chi connectivity index (χ4n) is 3.83. The zero-order chi connectivity index (χ0) is 12.7. The second-order valence-electron chi connectivity index (χ2n) is 8.00. The van der Waals surface area contributed by atoms with Crippen molar-refractivity contribution in [3.8, 4) is 0 Å². The molecule has 0 aromatic carbocycles. The Balaban J connectivity index is 1.86. The van der Waals surface area contributed by atoms with E-state index in [1.165, 1.54) is 45.1 Å². The van der Waals surface area contributed by atoms with E-state index in [1.807, 2.05) is 0 Å². The summed E-state index contributed by atoms with van der Waals surface area (Å²) >= 11 is 0. The van der Waals surface area contributed by atoms with Gasteiger partial charge in [0.15, 0.2) is 0 Å². The number of hydrogen-bond acceptors (Lipinski definition) is 1. The van der Waals surface area contributed by atoms with Gasteiger partial charge in [0.1, 0.15) is 0 Å². The zero-order valence-electron chi connectivity index (χ0n) is 12.6. The third-order valence-corrected chi connectivity index (χ3v) is 5.05. The van der Waals surface area contributed by atoms with Crippen LogP contribution in [0.25, 0.3) is 0 Å². The van der Waals surface area contributed by atoms with Gasteiger partial charge in [0.25, 0.3) is 0 Å². The smallest absolute Gasteiger partial charge is 0.0234 e. The van der Waals surface area contributed by atoms with Crippen molar-refractivity contribution >= 4 is 0 Å². The quantitative estimate of drug-likeness (QED) is 0.655. The zero-order valence-corrected chi connectivity index (χ0v) is 12.6. The highest BCUT2D eigenvalue weighted by Crippen LogP contribution is 2.45. The first-order chi connectivity index (χ1) is 7.81. The molecule has 0 aromatic rings. The summed E-state index contributed by atoms with van der Waals surface area (Å²) in [5.41, 5.74) is 0.943. The molecule has 1 aliphatic heterocycles. The van der Waals surface area contributed by atoms with Gasteiger partial charge in [-0.2, -0.15) is 0 Å². The van der Waals surface area contributed by atoms with E-state index in [1.54, 1.807) is 0 Å². The Bertz CT molecular complexity index is 255. The molecule has 2 atom stereocenters. The van der Waals surface area contributed by atoms with E-state index in [0.717, 1.165) is 12.0 Å². The molecule has 2 unspecified atom stereocenters. The van der Waals surface area contributed by atoms with Crippen molar-refractivity contribution in [2.45, 2.75) is 84.7 Å². The predicted octanol–water partition coefficient (Wildman–Crippen LogP) is 4.47. The Kier molecular flexibility index (Phi) is 3.60. The maximum atomic E-state index is 2.66. The van der Waals surface area contributed by atoms with Gasteiger partial charge >= 0.3 is 0 Å². The standard InChI is InChI=1S/C16H31N/c1-15(2,3)17-12-14(17)11-16(4,5)13-9-7-6-8-10-13/h13-14H,6-12H2,1-5H3. The van der Waals surface area contributed by atoms with E-state index in [4.69, 9.17) is 0 Å². The van der Waals surface area contributed by atoms with Gasteiger partial charge in [-0.25, -0.2) is 0 Å². The average molecular weight is 237 g/mol. The molecule has 0 spiro atoms. The number of rotatable bonds is 3. The molecule has 1 heterocycles. The van der Waals surface area contributed by atoms with Gasteiger partial charge in [-0.1, -0.05) is 33.1 Å². The Morgan fingerprint density at radius 1 is 0.941 bits per heavy atom. The summed E-state index contributed by atoms with van der Waals surface area (Å²) < 4.78 is 0. The maximum Gasteiger partial charge on any atom is 0.0234 e. The highest BCUT2D eigenvalue weighted by atomic mass is 15.3. The second-order valence-corrected chi connectivity index (χ2v) is 8.00. The molecule has 17 heavy (non-hydrogen) atoms. The molecular weight excluding hydrogens is 206 g/mol. The van der Waals surface area contributed by atoms with Crippen molar-refractivity contribution in [1.29, 1.82) is 0 Å². The molecule has 0 aromatic heterocycles. The van der Waals surface area contributed by atoms with Gasteiger partial charge in [-0.3, -0.25) is 4.90 Å². The van der Waals surface area contributed by atoms with Gasteiger partial charge < -0.3 is 0 Å². The second kappa shape index (κ2) is 4.57. The summed E-state index contributed by atoms with van der Waals surface area (Å²) in [6.45, 7) is 13.4. The molecule has 0 bridgehead atoms. The highest BCUT2D eigenvalue weighted by molar-refractivity contribution is 5.00. The van der Waals surface area contributed by atoms with E-state index in [-0.39, 0.29) is 0 Å². The lowest BCUT2D eigenvalue weighted by molar-refractivity contribution is 0.133. The molecule has 100 valence electrons. The molecule has 2 aliphatic rings. The fourth-order valence-corrected chi connectivity index (χ4v) is 3.83. The molecule has 2 rings (SSSR count). The molecule has 0 N–H and O–H groups in total. The van der Waals surface area contributed by atoms with Crippen LogP contribution in [0.3, 0.4) is 0 Å². The van der Waals surface area contributed by atoms with E-state index in [9.17, 15) is 0 Å². The Hall–Kier alpha value is -0.0400. The minimum Gasteiger partial charge on any atom is -0.293 e. The van der Waals surface area contributed by atoms with E-state index in [2.05, 4.69) is 39.5 Å². The lowest BCUT2D eigenvalue weighted by atomic mass is 9.69. The molecule has 0 amide bonds. The molecule has 1 saturated carbocycles. The molecule has 1 heteroatoms. The molecular formula is C16H31N. The molecule has 0 radical (unpaired) electrons.